The maximum atomic E-state index is 11.7. The van der Waals surface area contributed by atoms with Crippen molar-refractivity contribution < 1.29 is 18.5 Å². The van der Waals surface area contributed by atoms with Gasteiger partial charge in [-0.25, -0.2) is 4.79 Å². The van der Waals surface area contributed by atoms with Crippen molar-refractivity contribution in [1.82, 2.24) is 10.5 Å². The number of carbonyl (C=O) groups is 1. The first-order valence-corrected chi connectivity index (χ1v) is 7.56. The van der Waals surface area contributed by atoms with Gasteiger partial charge in [0.15, 0.2) is 5.76 Å². The maximum absolute atomic E-state index is 11.7. The monoisotopic (exact) mass is 327 g/mol. The number of para-hydroxylation sites is 1. The Hall–Kier alpha value is -3.22. The van der Waals surface area contributed by atoms with Gasteiger partial charge in [0.05, 0.1) is 12.3 Å². The van der Waals surface area contributed by atoms with Gasteiger partial charge in [-0.05, 0) is 35.8 Å². The molecule has 7 nitrogen and oxygen atoms in total. The molecule has 0 aliphatic rings. The molecule has 1 aromatic carbocycles. The minimum atomic E-state index is -0.575. The van der Waals surface area contributed by atoms with Crippen LogP contribution in [0.15, 0.2) is 63.7 Å². The van der Waals surface area contributed by atoms with Crippen molar-refractivity contribution in [3.8, 4) is 17.4 Å². The van der Waals surface area contributed by atoms with Gasteiger partial charge in [-0.15, -0.1) is 0 Å². The lowest BCUT2D eigenvalue weighted by molar-refractivity contribution is 0.196. The third-order valence-electron chi connectivity index (χ3n) is 3.18. The number of furan rings is 1. The molecule has 2 heterocycles. The molecule has 2 N–H and O–H groups in total. The normalized spacial score (nSPS) is 10.3. The minimum Gasteiger partial charge on any atom is -0.461 e. The maximum Gasteiger partial charge on any atom is 0.414 e. The summed E-state index contributed by atoms with van der Waals surface area (Å²) in [5.41, 5.74) is 1.05. The van der Waals surface area contributed by atoms with E-state index in [0.717, 1.165) is 18.7 Å². The van der Waals surface area contributed by atoms with Gasteiger partial charge in [-0.1, -0.05) is 18.2 Å². The van der Waals surface area contributed by atoms with E-state index in [1.54, 1.807) is 12.1 Å². The zero-order chi connectivity index (χ0) is 16.6. The van der Waals surface area contributed by atoms with Crippen LogP contribution in [-0.4, -0.2) is 24.3 Å². The first-order valence-electron chi connectivity index (χ1n) is 7.56. The SMILES string of the molecule is O=C(NCCCNc1ccccc1)Oc1cc(-c2ccco2)on1. The highest BCUT2D eigenvalue weighted by Gasteiger charge is 2.12. The van der Waals surface area contributed by atoms with Crippen LogP contribution in [0.25, 0.3) is 11.5 Å². The fourth-order valence-corrected chi connectivity index (χ4v) is 2.04. The second-order valence-corrected chi connectivity index (χ2v) is 4.97. The number of nitrogens with zero attached hydrogens (tertiary/aromatic N) is 1. The Morgan fingerprint density at radius 3 is 2.75 bits per heavy atom. The lowest BCUT2D eigenvalue weighted by Crippen LogP contribution is -2.28. The molecule has 0 aliphatic carbocycles. The largest absolute Gasteiger partial charge is 0.461 e. The topological polar surface area (TPSA) is 89.5 Å². The van der Waals surface area contributed by atoms with Gasteiger partial charge in [-0.2, -0.15) is 0 Å². The lowest BCUT2D eigenvalue weighted by atomic mass is 10.3. The molecular weight excluding hydrogens is 310 g/mol. The number of hydrogen-bond donors (Lipinski definition) is 2. The van der Waals surface area contributed by atoms with Crippen LogP contribution in [0.5, 0.6) is 5.88 Å². The van der Waals surface area contributed by atoms with Crippen molar-refractivity contribution in [3.05, 3.63) is 54.8 Å². The molecule has 0 spiro atoms. The summed E-state index contributed by atoms with van der Waals surface area (Å²) in [5.74, 6) is 1.00. The van der Waals surface area contributed by atoms with Gasteiger partial charge >= 0.3 is 6.09 Å². The van der Waals surface area contributed by atoms with Crippen LogP contribution in [0.3, 0.4) is 0 Å². The van der Waals surface area contributed by atoms with Gasteiger partial charge in [0.1, 0.15) is 0 Å². The molecule has 7 heteroatoms. The molecule has 0 bridgehead atoms. The first-order chi connectivity index (χ1) is 11.8. The molecule has 2 aromatic heterocycles. The van der Waals surface area contributed by atoms with Crippen molar-refractivity contribution in [3.63, 3.8) is 0 Å². The van der Waals surface area contributed by atoms with Crippen LogP contribution in [0.2, 0.25) is 0 Å². The summed E-state index contributed by atoms with van der Waals surface area (Å²) in [5, 5.41) is 9.58. The fraction of sp³-hybridized carbons (Fsp3) is 0.176. The van der Waals surface area contributed by atoms with Gasteiger partial charge in [0.2, 0.25) is 5.76 Å². The minimum absolute atomic E-state index is 0.0845. The summed E-state index contributed by atoms with van der Waals surface area (Å²) in [6.07, 6.45) is 1.71. The zero-order valence-corrected chi connectivity index (χ0v) is 12.9. The molecule has 124 valence electrons. The number of rotatable bonds is 7. The summed E-state index contributed by atoms with van der Waals surface area (Å²) in [7, 11) is 0. The Balaban J connectivity index is 1.35. The molecule has 0 saturated carbocycles. The highest BCUT2D eigenvalue weighted by Crippen LogP contribution is 2.23. The molecule has 0 aliphatic heterocycles. The van der Waals surface area contributed by atoms with Crippen molar-refractivity contribution in [2.24, 2.45) is 0 Å². The molecule has 0 saturated heterocycles. The van der Waals surface area contributed by atoms with E-state index in [4.69, 9.17) is 13.7 Å². The molecule has 24 heavy (non-hydrogen) atoms. The summed E-state index contributed by atoms with van der Waals surface area (Å²) >= 11 is 0. The van der Waals surface area contributed by atoms with Gasteiger partial charge < -0.3 is 24.3 Å². The van der Waals surface area contributed by atoms with Crippen LogP contribution < -0.4 is 15.4 Å². The van der Waals surface area contributed by atoms with Crippen molar-refractivity contribution in [2.75, 3.05) is 18.4 Å². The fourth-order valence-electron chi connectivity index (χ4n) is 2.04. The number of nitrogens with one attached hydrogen (secondary N) is 2. The Bertz CT molecular complexity index is 753. The molecule has 0 fully saturated rings. The molecule has 0 radical (unpaired) electrons. The summed E-state index contributed by atoms with van der Waals surface area (Å²) < 4.78 is 15.3. The summed E-state index contributed by atoms with van der Waals surface area (Å²) in [6.45, 7) is 1.23. The Morgan fingerprint density at radius 2 is 1.96 bits per heavy atom. The van der Waals surface area contributed by atoms with Crippen LogP contribution in [-0.2, 0) is 0 Å². The van der Waals surface area contributed by atoms with E-state index in [-0.39, 0.29) is 5.88 Å². The van der Waals surface area contributed by atoms with Crippen molar-refractivity contribution >= 4 is 11.8 Å². The Labute approximate surface area is 138 Å². The van der Waals surface area contributed by atoms with Crippen molar-refractivity contribution in [1.29, 1.82) is 0 Å². The van der Waals surface area contributed by atoms with Crippen LogP contribution in [0.1, 0.15) is 6.42 Å². The average Bonchev–Trinajstić information content (AvgIpc) is 3.27. The van der Waals surface area contributed by atoms with E-state index in [9.17, 15) is 4.79 Å². The van der Waals surface area contributed by atoms with E-state index in [2.05, 4.69) is 15.8 Å². The predicted octanol–water partition coefficient (Wildman–Crippen LogP) is 3.53. The average molecular weight is 327 g/mol. The first kappa shape index (κ1) is 15.7. The van der Waals surface area contributed by atoms with E-state index in [0.29, 0.717) is 18.1 Å². The highest BCUT2D eigenvalue weighted by atomic mass is 16.6. The van der Waals surface area contributed by atoms with E-state index >= 15 is 0 Å². The number of anilines is 1. The summed E-state index contributed by atoms with van der Waals surface area (Å²) in [6, 6.07) is 14.8. The van der Waals surface area contributed by atoms with Crippen LogP contribution in [0, 0.1) is 0 Å². The van der Waals surface area contributed by atoms with Gasteiger partial charge in [0, 0.05) is 18.8 Å². The third-order valence-corrected chi connectivity index (χ3v) is 3.18. The molecule has 0 atom stereocenters. The molecule has 3 aromatic rings. The van der Waals surface area contributed by atoms with Gasteiger partial charge in [0.25, 0.3) is 5.88 Å². The molecule has 0 unspecified atom stereocenters. The Morgan fingerprint density at radius 1 is 1.08 bits per heavy atom. The molecular formula is C17H17N3O4. The predicted molar refractivity (Wildman–Crippen MR) is 87.8 cm³/mol. The highest BCUT2D eigenvalue weighted by molar-refractivity contribution is 5.70. The van der Waals surface area contributed by atoms with E-state index < -0.39 is 6.09 Å². The smallest absolute Gasteiger partial charge is 0.414 e. The number of hydrogen-bond acceptors (Lipinski definition) is 6. The number of aromatic nitrogens is 1. The Kier molecular flexibility index (Phi) is 5.14. The standard InChI is InChI=1S/C17H17N3O4/c21-17(19-10-5-9-18-13-6-2-1-3-7-13)23-16-12-15(24-20-16)14-8-4-11-22-14/h1-4,6-8,11-12,18H,5,9-10H2,(H,19,21). The number of carbonyl (C=O) groups excluding carboxylic acids is 1. The lowest BCUT2D eigenvalue weighted by Gasteiger charge is -2.06. The van der Waals surface area contributed by atoms with Gasteiger partial charge in [-0.3, -0.25) is 0 Å². The molecule has 3 rings (SSSR count). The second-order valence-electron chi connectivity index (χ2n) is 4.97. The second kappa shape index (κ2) is 7.87. The van der Waals surface area contributed by atoms with Crippen molar-refractivity contribution in [2.45, 2.75) is 6.42 Å². The molecule has 1 amide bonds. The van der Waals surface area contributed by atoms with Crippen LogP contribution >= 0.6 is 0 Å². The summed E-state index contributed by atoms with van der Waals surface area (Å²) in [4.78, 5) is 11.7. The number of ether oxygens (including phenoxy) is 1. The number of amides is 1. The van der Waals surface area contributed by atoms with E-state index in [1.807, 2.05) is 30.3 Å². The third kappa shape index (κ3) is 4.39. The zero-order valence-electron chi connectivity index (χ0n) is 12.9. The van der Waals surface area contributed by atoms with Crippen LogP contribution in [0.4, 0.5) is 10.5 Å². The quantitative estimate of drug-likeness (QED) is 0.645. The van der Waals surface area contributed by atoms with E-state index in [1.165, 1.54) is 12.3 Å². The number of benzene rings is 1.